The molecular weight excluding hydrogens is 428 g/mol. The summed E-state index contributed by atoms with van der Waals surface area (Å²) >= 11 is 9.54. The van der Waals surface area contributed by atoms with Crippen LogP contribution in [0.25, 0.3) is 5.57 Å². The zero-order valence-electron chi connectivity index (χ0n) is 13.3. The molecule has 3 rings (SSSR count). The number of fused-ring (bicyclic) bond motifs is 1. The van der Waals surface area contributed by atoms with E-state index in [-0.39, 0.29) is 20.7 Å². The van der Waals surface area contributed by atoms with Gasteiger partial charge in [-0.05, 0) is 32.0 Å². The third kappa shape index (κ3) is 2.80. The molecule has 0 aliphatic carbocycles. The summed E-state index contributed by atoms with van der Waals surface area (Å²) < 4.78 is 0.922. The van der Waals surface area contributed by atoms with Gasteiger partial charge in [-0.15, -0.1) is 0 Å². The van der Waals surface area contributed by atoms with Crippen LogP contribution in [-0.2, 0) is 14.4 Å². The number of amides is 2. The van der Waals surface area contributed by atoms with Crippen molar-refractivity contribution in [3.8, 4) is 0 Å². The maximum Gasteiger partial charge on any atom is 0.326 e. The Balaban J connectivity index is 2.17. The van der Waals surface area contributed by atoms with Gasteiger partial charge in [0.15, 0.2) is 0 Å². The quantitative estimate of drug-likeness (QED) is 0.574. The third-order valence-electron chi connectivity index (χ3n) is 4.06. The summed E-state index contributed by atoms with van der Waals surface area (Å²) in [5.41, 5.74) is 1.64. The molecule has 1 N–H and O–H groups in total. The molecule has 6 nitrogen and oxygen atoms in total. The largest absolute Gasteiger partial charge is 0.480 e. The molecule has 130 valence electrons. The van der Waals surface area contributed by atoms with E-state index in [0.29, 0.717) is 12.1 Å². The van der Waals surface area contributed by atoms with Crippen molar-refractivity contribution in [2.75, 3.05) is 11.4 Å². The fraction of sp³-hybridized carbons (Fsp3) is 0.250. The van der Waals surface area contributed by atoms with Crippen molar-refractivity contribution in [3.63, 3.8) is 0 Å². The topological polar surface area (TPSA) is 77.9 Å². The highest BCUT2D eigenvalue weighted by Crippen LogP contribution is 2.45. The van der Waals surface area contributed by atoms with Gasteiger partial charge < -0.3 is 10.0 Å². The molecule has 1 fully saturated rings. The molecule has 0 aromatic heterocycles. The van der Waals surface area contributed by atoms with E-state index in [1.54, 1.807) is 11.0 Å². The molecule has 0 unspecified atom stereocenters. The van der Waals surface area contributed by atoms with Gasteiger partial charge in [0.05, 0.1) is 16.2 Å². The lowest BCUT2D eigenvalue weighted by Crippen LogP contribution is -2.41. The Morgan fingerprint density at radius 2 is 2.04 bits per heavy atom. The number of carbonyl (C=O) groups is 3. The number of carboxylic acids is 1. The van der Waals surface area contributed by atoms with Gasteiger partial charge in [0.25, 0.3) is 11.8 Å². The highest BCUT2D eigenvalue weighted by atomic mass is 79.9. The summed E-state index contributed by atoms with van der Waals surface area (Å²) in [6.07, 6.45) is 0. The van der Waals surface area contributed by atoms with Gasteiger partial charge in [-0.25, -0.2) is 4.79 Å². The molecule has 9 heteroatoms. The third-order valence-corrected chi connectivity index (χ3v) is 5.96. The van der Waals surface area contributed by atoms with Crippen molar-refractivity contribution in [2.45, 2.75) is 19.9 Å². The Bertz CT molecular complexity index is 868. The standard InChI is InChI=1S/C16H13BrN2O4S2/c1-3-18-10-5-4-8(17)6-9(10)11(13(18)20)12-14(21)19(16(24)25-12)7(2)15(22)23/h4-7H,3H2,1-2H3,(H,22,23)/b12-11-/t7-/m1/s1. The lowest BCUT2D eigenvalue weighted by molar-refractivity contribution is -0.144. The van der Waals surface area contributed by atoms with Gasteiger partial charge in [0.2, 0.25) is 0 Å². The van der Waals surface area contributed by atoms with Crippen molar-refractivity contribution in [2.24, 2.45) is 0 Å². The zero-order chi connectivity index (χ0) is 18.5. The molecule has 1 saturated heterocycles. The maximum atomic E-state index is 12.9. The van der Waals surface area contributed by atoms with Crippen LogP contribution in [-0.4, -0.2) is 44.7 Å². The number of thioether (sulfide) groups is 1. The number of rotatable bonds is 3. The van der Waals surface area contributed by atoms with Crippen molar-refractivity contribution in [3.05, 3.63) is 33.1 Å². The van der Waals surface area contributed by atoms with E-state index in [1.165, 1.54) is 6.92 Å². The van der Waals surface area contributed by atoms with Gasteiger partial charge in [-0.1, -0.05) is 39.9 Å². The zero-order valence-corrected chi connectivity index (χ0v) is 16.5. The Hall–Kier alpha value is -1.71. The number of carboxylic acid groups (broad SMARTS) is 1. The van der Waals surface area contributed by atoms with Crippen LogP contribution in [0, 0.1) is 0 Å². The molecule has 1 aromatic rings. The highest BCUT2D eigenvalue weighted by molar-refractivity contribution is 9.10. The van der Waals surface area contributed by atoms with Gasteiger partial charge >= 0.3 is 5.97 Å². The van der Waals surface area contributed by atoms with E-state index < -0.39 is 17.9 Å². The molecular formula is C16H13BrN2O4S2. The van der Waals surface area contributed by atoms with E-state index in [4.69, 9.17) is 12.2 Å². The normalized spacial score (nSPS) is 21.2. The molecule has 0 bridgehead atoms. The Kier molecular flexibility index (Phi) is 4.74. The van der Waals surface area contributed by atoms with Crippen LogP contribution in [0.5, 0.6) is 0 Å². The molecule has 25 heavy (non-hydrogen) atoms. The van der Waals surface area contributed by atoms with E-state index in [1.807, 2.05) is 19.1 Å². The first-order valence-corrected chi connectivity index (χ1v) is 9.44. The molecule has 1 atom stereocenters. The second kappa shape index (κ2) is 6.54. The monoisotopic (exact) mass is 440 g/mol. The van der Waals surface area contributed by atoms with Crippen LogP contribution < -0.4 is 4.90 Å². The summed E-state index contributed by atoms with van der Waals surface area (Å²) in [5.74, 6) is -1.98. The van der Waals surface area contributed by atoms with Crippen LogP contribution in [0.2, 0.25) is 0 Å². The fourth-order valence-corrected chi connectivity index (χ4v) is 4.66. The summed E-state index contributed by atoms with van der Waals surface area (Å²) in [6, 6.07) is 4.33. The van der Waals surface area contributed by atoms with Crippen molar-refractivity contribution < 1.29 is 19.5 Å². The second-order valence-corrected chi connectivity index (χ2v) is 8.03. The molecule has 0 spiro atoms. The first kappa shape index (κ1) is 18.1. The lowest BCUT2D eigenvalue weighted by atomic mass is 10.1. The minimum Gasteiger partial charge on any atom is -0.480 e. The molecule has 0 radical (unpaired) electrons. The Morgan fingerprint density at radius 1 is 1.36 bits per heavy atom. The molecule has 2 aliphatic heterocycles. The summed E-state index contributed by atoms with van der Waals surface area (Å²) in [5, 5.41) is 9.20. The number of carbonyl (C=O) groups excluding carboxylic acids is 2. The van der Waals surface area contributed by atoms with Crippen LogP contribution >= 0.6 is 39.9 Å². The van der Waals surface area contributed by atoms with E-state index in [9.17, 15) is 19.5 Å². The molecule has 1 aromatic carbocycles. The van der Waals surface area contributed by atoms with Crippen molar-refractivity contribution in [1.29, 1.82) is 0 Å². The minimum atomic E-state index is -1.15. The highest BCUT2D eigenvalue weighted by Gasteiger charge is 2.44. The van der Waals surface area contributed by atoms with Gasteiger partial charge in [-0.3, -0.25) is 14.5 Å². The Morgan fingerprint density at radius 3 is 2.64 bits per heavy atom. The maximum absolute atomic E-state index is 12.9. The number of nitrogens with zero attached hydrogens (tertiary/aromatic N) is 2. The van der Waals surface area contributed by atoms with Gasteiger partial charge in [-0.2, -0.15) is 0 Å². The van der Waals surface area contributed by atoms with Crippen LogP contribution in [0.15, 0.2) is 27.6 Å². The summed E-state index contributed by atoms with van der Waals surface area (Å²) in [6.45, 7) is 3.70. The SMILES string of the molecule is CCN1C(=O)/C(=C2\SC(=S)N([C@H](C)C(=O)O)C2=O)c2cc(Br)ccc21. The van der Waals surface area contributed by atoms with E-state index >= 15 is 0 Å². The number of benzene rings is 1. The van der Waals surface area contributed by atoms with Crippen LogP contribution in [0.1, 0.15) is 19.4 Å². The number of halogens is 1. The molecule has 0 saturated carbocycles. The number of hydrogen-bond acceptors (Lipinski definition) is 5. The molecule has 2 amide bonds. The van der Waals surface area contributed by atoms with Gasteiger partial charge in [0.1, 0.15) is 10.4 Å². The number of anilines is 1. The molecule has 2 aliphatic rings. The predicted molar refractivity (Wildman–Crippen MR) is 103 cm³/mol. The van der Waals surface area contributed by atoms with Crippen LogP contribution in [0.4, 0.5) is 5.69 Å². The van der Waals surface area contributed by atoms with Crippen LogP contribution in [0.3, 0.4) is 0 Å². The summed E-state index contributed by atoms with van der Waals surface area (Å²) in [7, 11) is 0. The number of likely N-dealkylation sites (N-methyl/N-ethyl adjacent to an activating group) is 1. The average Bonchev–Trinajstić information content (AvgIpc) is 2.98. The Labute approximate surface area is 162 Å². The molecule has 2 heterocycles. The number of hydrogen-bond donors (Lipinski definition) is 1. The first-order valence-electron chi connectivity index (χ1n) is 7.42. The predicted octanol–water partition coefficient (Wildman–Crippen LogP) is 2.86. The minimum absolute atomic E-state index is 0.140. The van der Waals surface area contributed by atoms with E-state index in [0.717, 1.165) is 26.8 Å². The second-order valence-electron chi connectivity index (χ2n) is 5.47. The van der Waals surface area contributed by atoms with Crippen molar-refractivity contribution in [1.82, 2.24) is 4.90 Å². The summed E-state index contributed by atoms with van der Waals surface area (Å²) in [4.78, 5) is 39.7. The first-order chi connectivity index (χ1) is 11.8. The fourth-order valence-electron chi connectivity index (χ4n) is 2.81. The number of thiocarbonyl (C=S) groups is 1. The van der Waals surface area contributed by atoms with Crippen molar-refractivity contribution >= 4 is 73.3 Å². The smallest absolute Gasteiger partial charge is 0.326 e. The number of aliphatic carboxylic acids is 1. The lowest BCUT2D eigenvalue weighted by Gasteiger charge is -2.18. The van der Waals surface area contributed by atoms with E-state index in [2.05, 4.69) is 15.9 Å². The van der Waals surface area contributed by atoms with Gasteiger partial charge in [0, 0.05) is 16.6 Å². The average molecular weight is 441 g/mol.